The van der Waals surface area contributed by atoms with E-state index in [1.165, 1.54) is 17.4 Å². The predicted molar refractivity (Wildman–Crippen MR) is 92.8 cm³/mol. The van der Waals surface area contributed by atoms with Crippen LogP contribution in [-0.2, 0) is 14.3 Å². The van der Waals surface area contributed by atoms with Crippen LogP contribution in [0.25, 0.3) is 6.08 Å². The fraction of sp³-hybridized carbons (Fsp3) is 0.118. The molecule has 24 heavy (non-hydrogen) atoms. The van der Waals surface area contributed by atoms with E-state index in [-0.39, 0.29) is 12.5 Å². The number of nitrogens with one attached hydrogen (secondary N) is 2. The molecule has 1 heterocycles. The first-order valence-electron chi connectivity index (χ1n) is 7.09. The van der Waals surface area contributed by atoms with Crippen molar-refractivity contribution in [1.82, 2.24) is 5.32 Å². The molecule has 2 rings (SSSR count). The number of amides is 2. The van der Waals surface area contributed by atoms with E-state index >= 15 is 0 Å². The SMILES string of the molecule is CNC(=O)c1ccc(NC(=O)COC(=O)/C=C/c2cccs2)cc1. The van der Waals surface area contributed by atoms with Gasteiger partial charge in [-0.25, -0.2) is 4.79 Å². The summed E-state index contributed by atoms with van der Waals surface area (Å²) >= 11 is 1.49. The second kappa shape index (κ2) is 8.64. The van der Waals surface area contributed by atoms with Crippen LogP contribution in [-0.4, -0.2) is 31.4 Å². The highest BCUT2D eigenvalue weighted by atomic mass is 32.1. The van der Waals surface area contributed by atoms with E-state index in [0.29, 0.717) is 11.3 Å². The quantitative estimate of drug-likeness (QED) is 0.622. The van der Waals surface area contributed by atoms with Crippen LogP contribution < -0.4 is 10.6 Å². The summed E-state index contributed by atoms with van der Waals surface area (Å²) in [5.41, 5.74) is 0.999. The molecule has 0 aliphatic carbocycles. The molecule has 2 aromatic rings. The average Bonchev–Trinajstić information content (AvgIpc) is 3.11. The van der Waals surface area contributed by atoms with Gasteiger partial charge in [-0.2, -0.15) is 0 Å². The van der Waals surface area contributed by atoms with E-state index < -0.39 is 11.9 Å². The van der Waals surface area contributed by atoms with Crippen LogP contribution in [0.5, 0.6) is 0 Å². The van der Waals surface area contributed by atoms with Gasteiger partial charge < -0.3 is 15.4 Å². The lowest BCUT2D eigenvalue weighted by Crippen LogP contribution is -2.20. The molecule has 0 fully saturated rings. The Morgan fingerprint density at radius 1 is 1.17 bits per heavy atom. The maximum Gasteiger partial charge on any atom is 0.331 e. The molecule has 0 radical (unpaired) electrons. The highest BCUT2D eigenvalue weighted by Crippen LogP contribution is 2.11. The molecule has 0 atom stereocenters. The molecule has 0 saturated heterocycles. The number of esters is 1. The predicted octanol–water partition coefficient (Wildman–Crippen LogP) is 2.30. The normalized spacial score (nSPS) is 10.4. The van der Waals surface area contributed by atoms with Crippen LogP contribution in [0.15, 0.2) is 47.9 Å². The van der Waals surface area contributed by atoms with Crippen molar-refractivity contribution in [3.63, 3.8) is 0 Å². The van der Waals surface area contributed by atoms with Gasteiger partial charge in [0.2, 0.25) is 0 Å². The van der Waals surface area contributed by atoms with Crippen molar-refractivity contribution in [2.24, 2.45) is 0 Å². The number of carbonyl (C=O) groups is 3. The lowest BCUT2D eigenvalue weighted by Gasteiger charge is -2.06. The zero-order valence-corrected chi connectivity index (χ0v) is 13.8. The highest BCUT2D eigenvalue weighted by molar-refractivity contribution is 7.10. The van der Waals surface area contributed by atoms with Gasteiger partial charge in [-0.3, -0.25) is 9.59 Å². The van der Waals surface area contributed by atoms with Crippen LogP contribution in [0.1, 0.15) is 15.2 Å². The number of carbonyl (C=O) groups excluding carboxylic acids is 3. The third kappa shape index (κ3) is 5.36. The van der Waals surface area contributed by atoms with Gasteiger partial charge >= 0.3 is 5.97 Å². The molecule has 7 heteroatoms. The van der Waals surface area contributed by atoms with Crippen molar-refractivity contribution < 1.29 is 19.1 Å². The first kappa shape index (κ1) is 17.4. The molecule has 0 spiro atoms. The smallest absolute Gasteiger partial charge is 0.331 e. The zero-order valence-electron chi connectivity index (χ0n) is 12.9. The maximum atomic E-state index is 11.7. The molecular formula is C17H16N2O4S. The van der Waals surface area contributed by atoms with Gasteiger partial charge in [0.15, 0.2) is 6.61 Å². The molecule has 124 valence electrons. The fourth-order valence-corrected chi connectivity index (χ4v) is 2.39. The van der Waals surface area contributed by atoms with E-state index in [2.05, 4.69) is 10.6 Å². The Morgan fingerprint density at radius 3 is 2.54 bits per heavy atom. The van der Waals surface area contributed by atoms with Crippen LogP contribution in [0.4, 0.5) is 5.69 Å². The first-order valence-corrected chi connectivity index (χ1v) is 7.97. The average molecular weight is 344 g/mol. The lowest BCUT2D eigenvalue weighted by molar-refractivity contribution is -0.142. The van der Waals surface area contributed by atoms with Gasteiger partial charge in [-0.05, 0) is 41.8 Å². The molecule has 1 aromatic heterocycles. The highest BCUT2D eigenvalue weighted by Gasteiger charge is 2.07. The number of anilines is 1. The number of ether oxygens (including phenoxy) is 1. The number of thiophene rings is 1. The molecule has 0 bridgehead atoms. The van der Waals surface area contributed by atoms with Crippen molar-refractivity contribution in [2.75, 3.05) is 19.0 Å². The van der Waals surface area contributed by atoms with E-state index in [0.717, 1.165) is 4.88 Å². The number of hydrogen-bond acceptors (Lipinski definition) is 5. The Morgan fingerprint density at radius 2 is 1.92 bits per heavy atom. The molecule has 0 aliphatic rings. The number of benzene rings is 1. The molecule has 2 N–H and O–H groups in total. The summed E-state index contributed by atoms with van der Waals surface area (Å²) in [6, 6.07) is 10.1. The zero-order chi connectivity index (χ0) is 17.4. The van der Waals surface area contributed by atoms with Crippen molar-refractivity contribution in [3.05, 3.63) is 58.3 Å². The summed E-state index contributed by atoms with van der Waals surface area (Å²) in [5.74, 6) is -1.26. The summed E-state index contributed by atoms with van der Waals surface area (Å²) in [7, 11) is 1.54. The van der Waals surface area contributed by atoms with E-state index in [1.807, 2.05) is 17.5 Å². The molecule has 2 amide bonds. The molecule has 0 aliphatic heterocycles. The topological polar surface area (TPSA) is 84.5 Å². The summed E-state index contributed by atoms with van der Waals surface area (Å²) in [6.45, 7) is -0.384. The second-order valence-corrected chi connectivity index (χ2v) is 5.64. The van der Waals surface area contributed by atoms with Crippen LogP contribution in [0.2, 0.25) is 0 Å². The third-order valence-electron chi connectivity index (χ3n) is 2.93. The van der Waals surface area contributed by atoms with Crippen LogP contribution >= 0.6 is 11.3 Å². The standard InChI is InChI=1S/C17H16N2O4S/c1-18-17(22)12-4-6-13(7-5-12)19-15(20)11-23-16(21)9-8-14-3-2-10-24-14/h2-10H,11H2,1H3,(H,18,22)(H,19,20)/b9-8+. The Bertz CT molecular complexity index is 736. The van der Waals surface area contributed by atoms with Crippen molar-refractivity contribution in [3.8, 4) is 0 Å². The Kier molecular flexibility index (Phi) is 6.27. The van der Waals surface area contributed by atoms with Crippen LogP contribution in [0.3, 0.4) is 0 Å². The molecular weight excluding hydrogens is 328 g/mol. The van der Waals surface area contributed by atoms with Crippen LogP contribution in [0, 0.1) is 0 Å². The van der Waals surface area contributed by atoms with Gasteiger partial charge in [0.05, 0.1) is 0 Å². The molecule has 0 unspecified atom stereocenters. The van der Waals surface area contributed by atoms with Gasteiger partial charge in [0, 0.05) is 29.3 Å². The summed E-state index contributed by atoms with van der Waals surface area (Å²) < 4.78 is 4.86. The molecule has 1 aromatic carbocycles. The maximum absolute atomic E-state index is 11.7. The van der Waals surface area contributed by atoms with Gasteiger partial charge in [-0.1, -0.05) is 6.07 Å². The minimum atomic E-state index is -0.589. The first-order chi connectivity index (χ1) is 11.6. The van der Waals surface area contributed by atoms with Crippen molar-refractivity contribution >= 4 is 40.9 Å². The fourth-order valence-electron chi connectivity index (χ4n) is 1.77. The van der Waals surface area contributed by atoms with Crippen molar-refractivity contribution in [2.45, 2.75) is 0 Å². The molecule has 6 nitrogen and oxygen atoms in total. The number of hydrogen-bond donors (Lipinski definition) is 2. The van der Waals surface area contributed by atoms with Gasteiger partial charge in [0.25, 0.3) is 11.8 Å². The minimum Gasteiger partial charge on any atom is -0.452 e. The van der Waals surface area contributed by atoms with Gasteiger partial charge in [-0.15, -0.1) is 11.3 Å². The van der Waals surface area contributed by atoms with Crippen molar-refractivity contribution in [1.29, 1.82) is 0 Å². The van der Waals surface area contributed by atoms with E-state index in [9.17, 15) is 14.4 Å². The Labute approximate surface area is 143 Å². The monoisotopic (exact) mass is 344 g/mol. The van der Waals surface area contributed by atoms with E-state index in [4.69, 9.17) is 4.74 Å². The largest absolute Gasteiger partial charge is 0.452 e. The Balaban J connectivity index is 1.78. The summed E-state index contributed by atoms with van der Waals surface area (Å²) in [4.78, 5) is 35.6. The molecule has 0 saturated carbocycles. The minimum absolute atomic E-state index is 0.209. The Hall–Kier alpha value is -2.93. The third-order valence-corrected chi connectivity index (χ3v) is 3.77. The van der Waals surface area contributed by atoms with E-state index in [1.54, 1.807) is 37.4 Å². The second-order valence-electron chi connectivity index (χ2n) is 4.66. The summed E-state index contributed by atoms with van der Waals surface area (Å²) in [5, 5.41) is 6.98. The number of rotatable bonds is 6. The lowest BCUT2D eigenvalue weighted by atomic mass is 10.2. The van der Waals surface area contributed by atoms with Gasteiger partial charge in [0.1, 0.15) is 0 Å². The summed E-state index contributed by atoms with van der Waals surface area (Å²) in [6.07, 6.45) is 2.90.